The number of carboxylic acid groups (broad SMARTS) is 1. The molecule has 0 saturated carbocycles. The molecule has 0 heterocycles. The maximum Gasteiger partial charge on any atom is 0.323 e. The third-order valence-corrected chi connectivity index (χ3v) is 3.38. The average molecular weight is 304 g/mol. The number of carboxylic acids is 1. The maximum absolute atomic E-state index is 11.6. The molecule has 1 aromatic carbocycles. The third kappa shape index (κ3) is 5.49. The summed E-state index contributed by atoms with van der Waals surface area (Å²) in [4.78, 5) is 23.3. The van der Waals surface area contributed by atoms with Gasteiger partial charge in [-0.25, -0.2) is 0 Å². The molecule has 1 rings (SSSR count). The fraction of sp³-hybridized carbons (Fsp3) is 0.385. The molecule has 6 heteroatoms. The minimum Gasteiger partial charge on any atom is -0.480 e. The van der Waals surface area contributed by atoms with Gasteiger partial charge in [0.15, 0.2) is 0 Å². The second-order valence-corrected chi connectivity index (χ2v) is 5.06. The van der Waals surface area contributed by atoms with E-state index in [-0.39, 0.29) is 12.5 Å². The number of hydrogen-bond donors (Lipinski definition) is 1. The molecule has 0 saturated heterocycles. The Bertz CT molecular complexity index is 477. The van der Waals surface area contributed by atoms with E-state index in [9.17, 15) is 9.59 Å². The second kappa shape index (κ2) is 7.36. The number of halogens is 2. The van der Waals surface area contributed by atoms with Gasteiger partial charge in [-0.1, -0.05) is 29.3 Å². The molecular formula is C13H15Cl2NO3. The van der Waals surface area contributed by atoms with E-state index in [2.05, 4.69) is 0 Å². The molecule has 1 amide bonds. The number of aliphatic carboxylic acids is 1. The molecule has 0 unspecified atom stereocenters. The maximum atomic E-state index is 11.6. The standard InChI is InChI=1S/C13H15Cl2NO3/c1-16(8-13(18)19)12(17)4-2-3-9-5-6-10(14)11(15)7-9/h5-7H,2-4,8H2,1H3,(H,18,19). The van der Waals surface area contributed by atoms with Gasteiger partial charge in [0.1, 0.15) is 6.54 Å². The average Bonchev–Trinajstić information content (AvgIpc) is 2.32. The predicted octanol–water partition coefficient (Wildman–Crippen LogP) is 2.86. The van der Waals surface area contributed by atoms with Crippen LogP contribution >= 0.6 is 23.2 Å². The minimum atomic E-state index is -1.01. The Morgan fingerprint density at radius 1 is 1.26 bits per heavy atom. The molecular weight excluding hydrogens is 289 g/mol. The van der Waals surface area contributed by atoms with Gasteiger partial charge >= 0.3 is 5.97 Å². The van der Waals surface area contributed by atoms with Crippen molar-refractivity contribution in [2.75, 3.05) is 13.6 Å². The molecule has 0 radical (unpaired) electrons. The van der Waals surface area contributed by atoms with E-state index in [1.807, 2.05) is 6.07 Å². The fourth-order valence-electron chi connectivity index (χ4n) is 1.62. The van der Waals surface area contributed by atoms with Gasteiger partial charge in [0.05, 0.1) is 10.0 Å². The first kappa shape index (κ1) is 15.8. The highest BCUT2D eigenvalue weighted by atomic mass is 35.5. The molecule has 0 fully saturated rings. The smallest absolute Gasteiger partial charge is 0.323 e. The van der Waals surface area contributed by atoms with Crippen LogP contribution in [0.4, 0.5) is 0 Å². The van der Waals surface area contributed by atoms with Crippen molar-refractivity contribution in [1.82, 2.24) is 4.90 Å². The minimum absolute atomic E-state index is 0.178. The van der Waals surface area contributed by atoms with E-state index in [1.54, 1.807) is 12.1 Å². The normalized spacial score (nSPS) is 10.3. The van der Waals surface area contributed by atoms with Gasteiger partial charge in [0.2, 0.25) is 5.91 Å². The van der Waals surface area contributed by atoms with E-state index in [1.165, 1.54) is 11.9 Å². The lowest BCUT2D eigenvalue weighted by atomic mass is 10.1. The summed E-state index contributed by atoms with van der Waals surface area (Å²) in [5, 5.41) is 9.57. The van der Waals surface area contributed by atoms with E-state index in [4.69, 9.17) is 28.3 Å². The molecule has 0 atom stereocenters. The van der Waals surface area contributed by atoms with Crippen LogP contribution in [-0.2, 0) is 16.0 Å². The molecule has 4 nitrogen and oxygen atoms in total. The number of carbonyl (C=O) groups is 2. The van der Waals surface area contributed by atoms with Crippen LogP contribution in [0, 0.1) is 0 Å². The highest BCUT2D eigenvalue weighted by Crippen LogP contribution is 2.23. The number of amides is 1. The van der Waals surface area contributed by atoms with Gasteiger partial charge in [-0.15, -0.1) is 0 Å². The summed E-state index contributed by atoms with van der Waals surface area (Å²) in [5.41, 5.74) is 1.00. The van der Waals surface area contributed by atoms with Crippen LogP contribution < -0.4 is 0 Å². The number of benzene rings is 1. The van der Waals surface area contributed by atoms with Gasteiger partial charge in [-0.3, -0.25) is 9.59 Å². The Hall–Kier alpha value is -1.26. The Morgan fingerprint density at radius 3 is 2.53 bits per heavy atom. The Balaban J connectivity index is 2.39. The van der Waals surface area contributed by atoms with Gasteiger partial charge in [0.25, 0.3) is 0 Å². The van der Waals surface area contributed by atoms with Gasteiger partial charge in [-0.2, -0.15) is 0 Å². The molecule has 0 aliphatic heterocycles. The summed E-state index contributed by atoms with van der Waals surface area (Å²) in [7, 11) is 1.48. The van der Waals surface area contributed by atoms with E-state index < -0.39 is 5.97 Å². The van der Waals surface area contributed by atoms with Crippen molar-refractivity contribution >= 4 is 35.1 Å². The van der Waals surface area contributed by atoms with Gasteiger partial charge in [0, 0.05) is 13.5 Å². The second-order valence-electron chi connectivity index (χ2n) is 4.25. The van der Waals surface area contributed by atoms with Crippen molar-refractivity contribution in [1.29, 1.82) is 0 Å². The quantitative estimate of drug-likeness (QED) is 0.879. The highest BCUT2D eigenvalue weighted by Gasteiger charge is 2.11. The molecule has 0 bridgehead atoms. The summed E-state index contributed by atoms with van der Waals surface area (Å²) in [6.45, 7) is -0.272. The zero-order valence-electron chi connectivity index (χ0n) is 10.5. The van der Waals surface area contributed by atoms with Crippen molar-refractivity contribution in [2.45, 2.75) is 19.3 Å². The molecule has 0 aromatic heterocycles. The molecule has 19 heavy (non-hydrogen) atoms. The number of hydrogen-bond acceptors (Lipinski definition) is 2. The summed E-state index contributed by atoms with van der Waals surface area (Å²) >= 11 is 11.7. The third-order valence-electron chi connectivity index (χ3n) is 2.64. The lowest BCUT2D eigenvalue weighted by Crippen LogP contribution is -2.31. The van der Waals surface area contributed by atoms with Crippen molar-refractivity contribution in [3.8, 4) is 0 Å². The number of nitrogens with zero attached hydrogens (tertiary/aromatic N) is 1. The van der Waals surface area contributed by atoms with Crippen LogP contribution in [0.2, 0.25) is 10.0 Å². The molecule has 1 aromatic rings. The molecule has 104 valence electrons. The lowest BCUT2D eigenvalue weighted by Gasteiger charge is -2.14. The number of rotatable bonds is 6. The van der Waals surface area contributed by atoms with Crippen molar-refractivity contribution < 1.29 is 14.7 Å². The van der Waals surface area contributed by atoms with Crippen LogP contribution in [0.25, 0.3) is 0 Å². The van der Waals surface area contributed by atoms with Crippen LogP contribution in [-0.4, -0.2) is 35.5 Å². The van der Waals surface area contributed by atoms with Crippen molar-refractivity contribution in [3.05, 3.63) is 33.8 Å². The van der Waals surface area contributed by atoms with Crippen LogP contribution in [0.15, 0.2) is 18.2 Å². The SMILES string of the molecule is CN(CC(=O)O)C(=O)CCCc1ccc(Cl)c(Cl)c1. The zero-order chi connectivity index (χ0) is 14.4. The zero-order valence-corrected chi connectivity index (χ0v) is 12.0. The molecule has 0 aliphatic carbocycles. The van der Waals surface area contributed by atoms with Gasteiger partial charge in [-0.05, 0) is 30.5 Å². The van der Waals surface area contributed by atoms with E-state index >= 15 is 0 Å². The number of aryl methyl sites for hydroxylation is 1. The molecule has 0 spiro atoms. The van der Waals surface area contributed by atoms with Crippen molar-refractivity contribution in [3.63, 3.8) is 0 Å². The Labute approximate surface area is 121 Å². The highest BCUT2D eigenvalue weighted by molar-refractivity contribution is 6.42. The molecule has 0 aliphatic rings. The topological polar surface area (TPSA) is 57.6 Å². The van der Waals surface area contributed by atoms with Crippen molar-refractivity contribution in [2.24, 2.45) is 0 Å². The van der Waals surface area contributed by atoms with E-state index in [0.717, 1.165) is 5.56 Å². The number of carbonyl (C=O) groups excluding carboxylic acids is 1. The summed E-state index contributed by atoms with van der Waals surface area (Å²) < 4.78 is 0. The van der Waals surface area contributed by atoms with Crippen LogP contribution in [0.3, 0.4) is 0 Å². The largest absolute Gasteiger partial charge is 0.480 e. The summed E-state index contributed by atoms with van der Waals surface area (Å²) in [6, 6.07) is 5.35. The molecule has 1 N–H and O–H groups in total. The van der Waals surface area contributed by atoms with Crippen LogP contribution in [0.5, 0.6) is 0 Å². The van der Waals surface area contributed by atoms with E-state index in [0.29, 0.717) is 29.3 Å². The monoisotopic (exact) mass is 303 g/mol. The first-order chi connectivity index (χ1) is 8.90. The summed E-state index contributed by atoms with van der Waals surface area (Å²) in [6.07, 6.45) is 1.65. The first-order valence-corrected chi connectivity index (χ1v) is 6.55. The fourth-order valence-corrected chi connectivity index (χ4v) is 1.94. The Morgan fingerprint density at radius 2 is 1.95 bits per heavy atom. The van der Waals surface area contributed by atoms with Gasteiger partial charge < -0.3 is 10.0 Å². The predicted molar refractivity (Wildman–Crippen MR) is 74.7 cm³/mol. The Kier molecular flexibility index (Phi) is 6.12. The van der Waals surface area contributed by atoms with Crippen LogP contribution in [0.1, 0.15) is 18.4 Å². The summed E-state index contributed by atoms with van der Waals surface area (Å²) in [5.74, 6) is -1.19. The number of likely N-dealkylation sites (N-methyl/N-ethyl adjacent to an activating group) is 1. The first-order valence-electron chi connectivity index (χ1n) is 5.80. The lowest BCUT2D eigenvalue weighted by molar-refractivity contribution is -0.143.